The molecule has 3 fully saturated rings. The summed E-state index contributed by atoms with van der Waals surface area (Å²) in [6, 6.07) is 0. The smallest absolute Gasteiger partial charge is 0.0543 e. The zero-order chi connectivity index (χ0) is 11.7. The van der Waals surface area contributed by atoms with Gasteiger partial charge < -0.3 is 5.11 Å². The maximum atomic E-state index is 9.84. The average molecular weight is 236 g/mol. The minimum Gasteiger partial charge on any atom is -0.393 e. The third-order valence-electron chi connectivity index (χ3n) is 5.94. The van der Waals surface area contributed by atoms with Gasteiger partial charge in [0, 0.05) is 0 Å². The first-order valence-electron chi connectivity index (χ1n) is 8.01. The number of aliphatic hydroxyl groups is 1. The highest BCUT2D eigenvalue weighted by Gasteiger charge is 2.37. The van der Waals surface area contributed by atoms with E-state index in [1.54, 1.807) is 0 Å². The van der Waals surface area contributed by atoms with E-state index < -0.39 is 0 Å². The van der Waals surface area contributed by atoms with Crippen molar-refractivity contribution in [1.82, 2.24) is 0 Å². The van der Waals surface area contributed by atoms with E-state index in [1.807, 2.05) is 0 Å². The van der Waals surface area contributed by atoms with Gasteiger partial charge in [0.15, 0.2) is 0 Å². The molecule has 3 aliphatic carbocycles. The first-order chi connectivity index (χ1) is 8.33. The maximum absolute atomic E-state index is 9.84. The van der Waals surface area contributed by atoms with Gasteiger partial charge in [0.05, 0.1) is 6.10 Å². The normalized spacial score (nSPS) is 44.3. The molecule has 17 heavy (non-hydrogen) atoms. The second-order valence-corrected chi connectivity index (χ2v) is 6.96. The van der Waals surface area contributed by atoms with Gasteiger partial charge in [-0.15, -0.1) is 0 Å². The fourth-order valence-corrected chi connectivity index (χ4v) is 4.94. The second-order valence-electron chi connectivity index (χ2n) is 6.96. The van der Waals surface area contributed by atoms with E-state index in [1.165, 1.54) is 57.8 Å². The van der Waals surface area contributed by atoms with Crippen molar-refractivity contribution in [3.05, 3.63) is 0 Å². The third-order valence-corrected chi connectivity index (χ3v) is 5.94. The van der Waals surface area contributed by atoms with Gasteiger partial charge in [-0.2, -0.15) is 0 Å². The van der Waals surface area contributed by atoms with Gasteiger partial charge in [0.25, 0.3) is 0 Å². The first kappa shape index (κ1) is 12.0. The van der Waals surface area contributed by atoms with Crippen LogP contribution in [0.15, 0.2) is 0 Å². The summed E-state index contributed by atoms with van der Waals surface area (Å²) in [6.07, 6.45) is 15.4. The molecule has 0 aliphatic heterocycles. The minimum absolute atomic E-state index is 0.0290. The van der Waals surface area contributed by atoms with Crippen LogP contribution < -0.4 is 0 Å². The fraction of sp³-hybridized carbons (Fsp3) is 1.00. The van der Waals surface area contributed by atoms with E-state index in [0.717, 1.165) is 36.5 Å². The summed E-state index contributed by atoms with van der Waals surface area (Å²) in [7, 11) is 0. The standard InChI is InChI=1S/C16H28O/c17-16-9-8-13-6-7-14(10-15(13)11-16)12-4-2-1-3-5-12/h12-17H,1-11H2. The Morgan fingerprint density at radius 1 is 0.529 bits per heavy atom. The molecule has 0 aromatic carbocycles. The zero-order valence-corrected chi connectivity index (χ0v) is 11.1. The van der Waals surface area contributed by atoms with Gasteiger partial charge in [-0.25, -0.2) is 0 Å². The molecule has 0 radical (unpaired) electrons. The van der Waals surface area contributed by atoms with Crippen molar-refractivity contribution in [2.75, 3.05) is 0 Å². The van der Waals surface area contributed by atoms with Crippen molar-refractivity contribution in [3.8, 4) is 0 Å². The SMILES string of the molecule is OC1CCC2CCC(C3CCCCC3)CC2C1. The molecule has 3 aliphatic rings. The molecule has 0 heterocycles. The van der Waals surface area contributed by atoms with Gasteiger partial charge in [-0.3, -0.25) is 0 Å². The quantitative estimate of drug-likeness (QED) is 0.725. The number of fused-ring (bicyclic) bond motifs is 1. The van der Waals surface area contributed by atoms with E-state index >= 15 is 0 Å². The van der Waals surface area contributed by atoms with Crippen molar-refractivity contribution in [3.63, 3.8) is 0 Å². The lowest BCUT2D eigenvalue weighted by molar-refractivity contribution is 0.0202. The van der Waals surface area contributed by atoms with Gasteiger partial charge >= 0.3 is 0 Å². The van der Waals surface area contributed by atoms with Crippen LogP contribution in [0.5, 0.6) is 0 Å². The molecule has 0 saturated heterocycles. The molecule has 4 unspecified atom stereocenters. The number of rotatable bonds is 1. The Balaban J connectivity index is 1.58. The van der Waals surface area contributed by atoms with Crippen LogP contribution in [-0.2, 0) is 0 Å². The summed E-state index contributed by atoms with van der Waals surface area (Å²) in [6.45, 7) is 0. The number of hydrogen-bond acceptors (Lipinski definition) is 1. The van der Waals surface area contributed by atoms with Crippen LogP contribution in [0.1, 0.15) is 70.6 Å². The lowest BCUT2D eigenvalue weighted by Crippen LogP contribution is -2.35. The molecule has 1 N–H and O–H groups in total. The molecule has 0 amide bonds. The highest BCUT2D eigenvalue weighted by molar-refractivity contribution is 4.88. The van der Waals surface area contributed by atoms with E-state index in [-0.39, 0.29) is 6.10 Å². The van der Waals surface area contributed by atoms with Crippen molar-refractivity contribution in [1.29, 1.82) is 0 Å². The molecular formula is C16H28O. The van der Waals surface area contributed by atoms with Crippen molar-refractivity contribution in [2.24, 2.45) is 23.7 Å². The van der Waals surface area contributed by atoms with Crippen molar-refractivity contribution >= 4 is 0 Å². The number of hydrogen-bond donors (Lipinski definition) is 1. The Kier molecular flexibility index (Phi) is 3.75. The Morgan fingerprint density at radius 3 is 2.00 bits per heavy atom. The average Bonchev–Trinajstić information content (AvgIpc) is 2.39. The summed E-state index contributed by atoms with van der Waals surface area (Å²) in [5, 5.41) is 9.84. The molecule has 1 nitrogen and oxygen atoms in total. The monoisotopic (exact) mass is 236 g/mol. The molecule has 98 valence electrons. The zero-order valence-electron chi connectivity index (χ0n) is 11.1. The van der Waals surface area contributed by atoms with Crippen LogP contribution in [0.4, 0.5) is 0 Å². The van der Waals surface area contributed by atoms with Crippen LogP contribution in [0.2, 0.25) is 0 Å². The molecule has 4 atom stereocenters. The lowest BCUT2D eigenvalue weighted by Gasteiger charge is -2.44. The summed E-state index contributed by atoms with van der Waals surface area (Å²) in [5.41, 5.74) is 0. The van der Waals surface area contributed by atoms with Crippen LogP contribution >= 0.6 is 0 Å². The highest BCUT2D eigenvalue weighted by atomic mass is 16.3. The fourth-order valence-electron chi connectivity index (χ4n) is 4.94. The minimum atomic E-state index is 0.0290. The Morgan fingerprint density at radius 2 is 1.18 bits per heavy atom. The van der Waals surface area contributed by atoms with Crippen molar-refractivity contribution in [2.45, 2.75) is 76.7 Å². The molecule has 0 spiro atoms. The second kappa shape index (κ2) is 5.30. The molecule has 0 aromatic rings. The lowest BCUT2D eigenvalue weighted by atomic mass is 9.63. The van der Waals surface area contributed by atoms with E-state index in [9.17, 15) is 5.11 Å². The Bertz CT molecular complexity index is 244. The summed E-state index contributed by atoms with van der Waals surface area (Å²) in [4.78, 5) is 0. The van der Waals surface area contributed by atoms with E-state index in [0.29, 0.717) is 0 Å². The largest absolute Gasteiger partial charge is 0.393 e. The first-order valence-corrected chi connectivity index (χ1v) is 8.01. The number of aliphatic hydroxyl groups excluding tert-OH is 1. The highest BCUT2D eigenvalue weighted by Crippen LogP contribution is 2.47. The van der Waals surface area contributed by atoms with Crippen LogP contribution in [0.3, 0.4) is 0 Å². The molecule has 1 heteroatoms. The maximum Gasteiger partial charge on any atom is 0.0543 e. The Labute approximate surface area is 106 Å². The van der Waals surface area contributed by atoms with E-state index in [4.69, 9.17) is 0 Å². The van der Waals surface area contributed by atoms with Crippen LogP contribution in [0.25, 0.3) is 0 Å². The van der Waals surface area contributed by atoms with Crippen LogP contribution in [0, 0.1) is 23.7 Å². The van der Waals surface area contributed by atoms with Gasteiger partial charge in [-0.1, -0.05) is 32.1 Å². The predicted octanol–water partition coefficient (Wildman–Crippen LogP) is 4.14. The van der Waals surface area contributed by atoms with E-state index in [2.05, 4.69) is 0 Å². The van der Waals surface area contributed by atoms with Gasteiger partial charge in [0.2, 0.25) is 0 Å². The molecule has 0 aromatic heterocycles. The summed E-state index contributed by atoms with van der Waals surface area (Å²) >= 11 is 0. The molecule has 3 saturated carbocycles. The predicted molar refractivity (Wildman–Crippen MR) is 70.8 cm³/mol. The molecule has 0 bridgehead atoms. The van der Waals surface area contributed by atoms with Gasteiger partial charge in [0.1, 0.15) is 0 Å². The van der Waals surface area contributed by atoms with Crippen LogP contribution in [-0.4, -0.2) is 11.2 Å². The summed E-state index contributed by atoms with van der Waals surface area (Å²) in [5.74, 6) is 3.91. The summed E-state index contributed by atoms with van der Waals surface area (Å²) < 4.78 is 0. The topological polar surface area (TPSA) is 20.2 Å². The Hall–Kier alpha value is -0.0400. The van der Waals surface area contributed by atoms with Crippen molar-refractivity contribution < 1.29 is 5.11 Å². The third kappa shape index (κ3) is 2.70. The molecule has 3 rings (SSSR count). The molecular weight excluding hydrogens is 208 g/mol. The van der Waals surface area contributed by atoms with Gasteiger partial charge in [-0.05, 0) is 62.2 Å².